The third kappa shape index (κ3) is 9.49. The third-order valence-electron chi connectivity index (χ3n) is 6.45. The number of carbonyl (C=O) groups is 1. The van der Waals surface area contributed by atoms with E-state index in [1.54, 1.807) is 0 Å². The standard InChI is InChI=1S/C23H48O4Si2/c1-14-25-21(24)18(2)15-16-20(27-29(12,13)23(7,8)9)17-19(3)26-28(10,11)22(4,5)6/h15,19-20H,14,16-17H2,1-13H3/b18-15+/t19-,20+/m0/s1. The predicted molar refractivity (Wildman–Crippen MR) is 129 cm³/mol. The van der Waals surface area contributed by atoms with Gasteiger partial charge in [-0.2, -0.15) is 0 Å². The van der Waals surface area contributed by atoms with Crippen LogP contribution < -0.4 is 0 Å². The molecule has 0 aliphatic carbocycles. The molecule has 0 aromatic carbocycles. The van der Waals surface area contributed by atoms with Crippen LogP contribution in [0.1, 0.15) is 75.2 Å². The Balaban J connectivity index is 5.43. The minimum atomic E-state index is -1.93. The van der Waals surface area contributed by atoms with E-state index in [2.05, 4.69) is 74.7 Å². The molecular formula is C23H48O4Si2. The maximum absolute atomic E-state index is 12.0. The molecular weight excluding hydrogens is 396 g/mol. The molecule has 0 saturated heterocycles. The van der Waals surface area contributed by atoms with Gasteiger partial charge in [0, 0.05) is 11.7 Å². The fourth-order valence-corrected chi connectivity index (χ4v) is 5.36. The minimum absolute atomic E-state index is 0.0278. The monoisotopic (exact) mass is 444 g/mol. The first-order valence-corrected chi connectivity index (χ1v) is 16.8. The number of ether oxygens (including phenoxy) is 1. The van der Waals surface area contributed by atoms with E-state index in [1.165, 1.54) is 0 Å². The van der Waals surface area contributed by atoms with Gasteiger partial charge in [0.05, 0.1) is 12.7 Å². The van der Waals surface area contributed by atoms with Gasteiger partial charge in [0.2, 0.25) is 0 Å². The summed E-state index contributed by atoms with van der Waals surface area (Å²) in [6.07, 6.45) is 3.63. The van der Waals surface area contributed by atoms with Crippen molar-refractivity contribution in [3.05, 3.63) is 11.6 Å². The van der Waals surface area contributed by atoms with Crippen molar-refractivity contribution in [3.8, 4) is 0 Å². The first-order chi connectivity index (χ1) is 12.8. The molecule has 0 saturated carbocycles. The van der Waals surface area contributed by atoms with Gasteiger partial charge in [-0.3, -0.25) is 0 Å². The summed E-state index contributed by atoms with van der Waals surface area (Å²) in [5.74, 6) is -0.246. The summed E-state index contributed by atoms with van der Waals surface area (Å²) in [5.41, 5.74) is 0.647. The third-order valence-corrected chi connectivity index (χ3v) is 15.6. The predicted octanol–water partition coefficient (Wildman–Crippen LogP) is 7.08. The smallest absolute Gasteiger partial charge is 0.333 e. The lowest BCUT2D eigenvalue weighted by Crippen LogP contribution is -2.46. The van der Waals surface area contributed by atoms with E-state index in [0.717, 1.165) is 6.42 Å². The van der Waals surface area contributed by atoms with Gasteiger partial charge >= 0.3 is 5.97 Å². The van der Waals surface area contributed by atoms with Gasteiger partial charge < -0.3 is 13.6 Å². The molecule has 2 atom stereocenters. The van der Waals surface area contributed by atoms with Crippen LogP contribution in [0, 0.1) is 0 Å². The van der Waals surface area contributed by atoms with E-state index in [-0.39, 0.29) is 28.3 Å². The van der Waals surface area contributed by atoms with Crippen molar-refractivity contribution in [1.29, 1.82) is 0 Å². The Morgan fingerprint density at radius 1 is 0.931 bits per heavy atom. The largest absolute Gasteiger partial charge is 0.463 e. The topological polar surface area (TPSA) is 44.8 Å². The fraction of sp³-hybridized carbons (Fsp3) is 0.870. The molecule has 0 aliphatic rings. The van der Waals surface area contributed by atoms with E-state index < -0.39 is 16.6 Å². The van der Waals surface area contributed by atoms with Gasteiger partial charge in [-0.1, -0.05) is 47.6 Å². The number of rotatable bonds is 10. The quantitative estimate of drug-likeness (QED) is 0.205. The summed E-state index contributed by atoms with van der Waals surface area (Å²) in [4.78, 5) is 12.0. The Hall–Kier alpha value is -0.436. The highest BCUT2D eigenvalue weighted by atomic mass is 28.4. The van der Waals surface area contributed by atoms with Crippen LogP contribution in [0.4, 0.5) is 0 Å². The molecule has 4 nitrogen and oxygen atoms in total. The summed E-state index contributed by atoms with van der Waals surface area (Å²) in [5, 5.41) is 0.312. The van der Waals surface area contributed by atoms with Crippen molar-refractivity contribution < 1.29 is 18.4 Å². The van der Waals surface area contributed by atoms with Crippen molar-refractivity contribution in [2.24, 2.45) is 0 Å². The highest BCUT2D eigenvalue weighted by Gasteiger charge is 2.41. The maximum Gasteiger partial charge on any atom is 0.333 e. The first kappa shape index (κ1) is 28.6. The molecule has 172 valence electrons. The maximum atomic E-state index is 12.0. The Kier molecular flexibility index (Phi) is 10.6. The lowest BCUT2D eigenvalue weighted by molar-refractivity contribution is -0.138. The Morgan fingerprint density at radius 3 is 1.79 bits per heavy atom. The van der Waals surface area contributed by atoms with Crippen LogP contribution in [0.25, 0.3) is 0 Å². The highest BCUT2D eigenvalue weighted by Crippen LogP contribution is 2.40. The Labute approximate surface area is 183 Å². The molecule has 29 heavy (non-hydrogen) atoms. The van der Waals surface area contributed by atoms with E-state index in [1.807, 2.05) is 19.9 Å². The van der Waals surface area contributed by atoms with Crippen LogP contribution in [-0.4, -0.2) is 41.4 Å². The molecule has 0 aromatic heterocycles. The van der Waals surface area contributed by atoms with Crippen LogP contribution in [0.15, 0.2) is 11.6 Å². The molecule has 0 radical (unpaired) electrons. The van der Waals surface area contributed by atoms with Gasteiger partial charge in [-0.05, 0) is 69.9 Å². The van der Waals surface area contributed by atoms with Gasteiger partial charge in [-0.15, -0.1) is 0 Å². The van der Waals surface area contributed by atoms with Gasteiger partial charge in [0.1, 0.15) is 0 Å². The molecule has 0 amide bonds. The average molecular weight is 445 g/mol. The minimum Gasteiger partial charge on any atom is -0.463 e. The number of esters is 1. The van der Waals surface area contributed by atoms with Crippen molar-refractivity contribution in [2.45, 2.75) is 124 Å². The van der Waals surface area contributed by atoms with Gasteiger partial charge in [0.15, 0.2) is 16.6 Å². The Morgan fingerprint density at radius 2 is 1.38 bits per heavy atom. The SMILES string of the molecule is CCOC(=O)/C(C)=C/C[C@H](C[C@H](C)O[Si](C)(C)C(C)(C)C)O[Si](C)(C)C(C)(C)C. The second-order valence-corrected chi connectivity index (χ2v) is 20.8. The average Bonchev–Trinajstić information content (AvgIpc) is 2.49. The molecule has 0 aliphatic heterocycles. The van der Waals surface area contributed by atoms with Crippen molar-refractivity contribution in [3.63, 3.8) is 0 Å². The molecule has 0 aromatic rings. The van der Waals surface area contributed by atoms with Gasteiger partial charge in [-0.25, -0.2) is 4.79 Å². The molecule has 0 rings (SSSR count). The van der Waals surface area contributed by atoms with Crippen molar-refractivity contribution in [2.75, 3.05) is 6.61 Å². The summed E-state index contributed by atoms with van der Waals surface area (Å²) < 4.78 is 18.4. The van der Waals surface area contributed by atoms with E-state index >= 15 is 0 Å². The zero-order chi connectivity index (χ0) is 23.3. The first-order valence-electron chi connectivity index (χ1n) is 11.0. The molecule has 0 unspecified atom stereocenters. The number of hydrogen-bond donors (Lipinski definition) is 0. The highest BCUT2D eigenvalue weighted by molar-refractivity contribution is 6.74. The molecule has 6 heteroatoms. The lowest BCUT2D eigenvalue weighted by Gasteiger charge is -2.42. The normalized spacial score (nSPS) is 16.5. The Bertz CT molecular complexity index is 554. The molecule has 0 spiro atoms. The lowest BCUT2D eigenvalue weighted by atomic mass is 10.1. The van der Waals surface area contributed by atoms with Crippen LogP contribution in [-0.2, 0) is 18.4 Å². The zero-order valence-corrected chi connectivity index (χ0v) is 23.5. The summed E-state index contributed by atoms with van der Waals surface area (Å²) >= 11 is 0. The van der Waals surface area contributed by atoms with Crippen molar-refractivity contribution in [1.82, 2.24) is 0 Å². The van der Waals surface area contributed by atoms with E-state index in [0.29, 0.717) is 18.6 Å². The number of carbonyl (C=O) groups excluding carboxylic acids is 1. The summed E-state index contributed by atoms with van der Waals surface area (Å²) in [6.45, 7) is 28.9. The molecule has 0 heterocycles. The van der Waals surface area contributed by atoms with Crippen LogP contribution in [0.3, 0.4) is 0 Å². The fourth-order valence-electron chi connectivity index (χ4n) is 2.52. The zero-order valence-electron chi connectivity index (χ0n) is 21.5. The second-order valence-electron chi connectivity index (χ2n) is 11.3. The number of hydrogen-bond acceptors (Lipinski definition) is 4. The van der Waals surface area contributed by atoms with E-state index in [4.69, 9.17) is 13.6 Å². The summed E-state index contributed by atoms with van der Waals surface area (Å²) in [6, 6.07) is 0. The van der Waals surface area contributed by atoms with Crippen LogP contribution >= 0.6 is 0 Å². The van der Waals surface area contributed by atoms with Gasteiger partial charge in [0.25, 0.3) is 0 Å². The molecule has 0 bridgehead atoms. The van der Waals surface area contributed by atoms with Crippen LogP contribution in [0.5, 0.6) is 0 Å². The summed E-state index contributed by atoms with van der Waals surface area (Å²) in [7, 11) is -3.77. The van der Waals surface area contributed by atoms with Crippen LogP contribution in [0.2, 0.25) is 36.3 Å². The van der Waals surface area contributed by atoms with Crippen molar-refractivity contribution >= 4 is 22.6 Å². The molecule has 0 fully saturated rings. The second kappa shape index (κ2) is 10.7. The molecule has 0 N–H and O–H groups in total. The van der Waals surface area contributed by atoms with E-state index in [9.17, 15) is 4.79 Å².